The van der Waals surface area contributed by atoms with Crippen molar-refractivity contribution in [2.75, 3.05) is 13.1 Å². The highest BCUT2D eigenvalue weighted by atomic mass is 16.2. The summed E-state index contributed by atoms with van der Waals surface area (Å²) >= 11 is 0. The van der Waals surface area contributed by atoms with Gasteiger partial charge in [0.05, 0.1) is 0 Å². The molecule has 3 heteroatoms. The average Bonchev–Trinajstić information content (AvgIpc) is 2.57. The number of rotatable bonds is 3. The zero-order valence-electron chi connectivity index (χ0n) is 13.0. The lowest BCUT2D eigenvalue weighted by Gasteiger charge is -2.32. The third-order valence-electron chi connectivity index (χ3n) is 4.47. The molecule has 1 saturated heterocycles. The lowest BCUT2D eigenvalue weighted by molar-refractivity contribution is 0.0690. The highest BCUT2D eigenvalue weighted by molar-refractivity contribution is 5.94. The Kier molecular flexibility index (Phi) is 4.52. The maximum Gasteiger partial charge on any atom is 0.253 e. The molecule has 0 aliphatic carbocycles. The fourth-order valence-electron chi connectivity index (χ4n) is 3.07. The van der Waals surface area contributed by atoms with E-state index < -0.39 is 0 Å². The second-order valence-corrected chi connectivity index (χ2v) is 6.16. The summed E-state index contributed by atoms with van der Waals surface area (Å²) in [6, 6.07) is 12.0. The van der Waals surface area contributed by atoms with Gasteiger partial charge in [-0.3, -0.25) is 9.78 Å². The summed E-state index contributed by atoms with van der Waals surface area (Å²) in [7, 11) is 0. The van der Waals surface area contributed by atoms with E-state index in [-0.39, 0.29) is 5.91 Å². The van der Waals surface area contributed by atoms with Gasteiger partial charge in [-0.2, -0.15) is 0 Å². The third kappa shape index (κ3) is 3.53. The lowest BCUT2D eigenvalue weighted by Crippen LogP contribution is -2.38. The van der Waals surface area contributed by atoms with Gasteiger partial charge in [0.1, 0.15) is 0 Å². The standard InChI is InChI=1S/C19H22N2O/c1-15-2-4-18(5-3-15)19(22)21-12-8-17(9-13-21)14-16-6-10-20-11-7-16/h2-7,10-11,17H,8-9,12-14H2,1H3. The molecule has 0 atom stereocenters. The molecular formula is C19H22N2O. The summed E-state index contributed by atoms with van der Waals surface area (Å²) in [4.78, 5) is 18.5. The van der Waals surface area contributed by atoms with E-state index in [0.29, 0.717) is 5.92 Å². The van der Waals surface area contributed by atoms with Crippen molar-refractivity contribution in [3.8, 4) is 0 Å². The largest absolute Gasteiger partial charge is 0.339 e. The van der Waals surface area contributed by atoms with E-state index in [9.17, 15) is 4.79 Å². The minimum atomic E-state index is 0.169. The Balaban J connectivity index is 1.55. The second-order valence-electron chi connectivity index (χ2n) is 6.16. The average molecular weight is 294 g/mol. The smallest absolute Gasteiger partial charge is 0.253 e. The highest BCUT2D eigenvalue weighted by Gasteiger charge is 2.23. The van der Waals surface area contributed by atoms with Crippen LogP contribution in [0.1, 0.15) is 34.3 Å². The molecule has 0 saturated carbocycles. The van der Waals surface area contributed by atoms with Gasteiger partial charge in [0.15, 0.2) is 0 Å². The van der Waals surface area contributed by atoms with E-state index in [1.807, 2.05) is 48.5 Å². The van der Waals surface area contributed by atoms with Crippen LogP contribution in [0.15, 0.2) is 48.8 Å². The number of aryl methyl sites for hydroxylation is 1. The van der Waals surface area contributed by atoms with Gasteiger partial charge in [0, 0.05) is 31.0 Å². The summed E-state index contributed by atoms with van der Waals surface area (Å²) in [6.45, 7) is 3.77. The van der Waals surface area contributed by atoms with Crippen LogP contribution in [-0.4, -0.2) is 28.9 Å². The van der Waals surface area contributed by atoms with Crippen LogP contribution in [0.2, 0.25) is 0 Å². The number of hydrogen-bond acceptors (Lipinski definition) is 2. The van der Waals surface area contributed by atoms with Crippen molar-refractivity contribution < 1.29 is 4.79 Å². The van der Waals surface area contributed by atoms with Crippen LogP contribution in [0.3, 0.4) is 0 Å². The van der Waals surface area contributed by atoms with Gasteiger partial charge < -0.3 is 4.90 Å². The van der Waals surface area contributed by atoms with Gasteiger partial charge in [-0.25, -0.2) is 0 Å². The molecule has 3 nitrogen and oxygen atoms in total. The molecule has 1 aromatic heterocycles. The molecule has 0 radical (unpaired) electrons. The zero-order chi connectivity index (χ0) is 15.4. The maximum atomic E-state index is 12.5. The molecule has 3 rings (SSSR count). The quantitative estimate of drug-likeness (QED) is 0.868. The molecule has 0 N–H and O–H groups in total. The van der Waals surface area contributed by atoms with E-state index >= 15 is 0 Å². The van der Waals surface area contributed by atoms with Crippen LogP contribution in [0.4, 0.5) is 0 Å². The van der Waals surface area contributed by atoms with Gasteiger partial charge in [-0.05, 0) is 61.9 Å². The first kappa shape index (κ1) is 14.8. The molecule has 114 valence electrons. The first-order valence-corrected chi connectivity index (χ1v) is 7.97. The molecule has 0 unspecified atom stereocenters. The fourth-order valence-corrected chi connectivity index (χ4v) is 3.07. The van der Waals surface area contributed by atoms with Crippen molar-refractivity contribution >= 4 is 5.91 Å². The van der Waals surface area contributed by atoms with Crippen LogP contribution in [0.5, 0.6) is 0 Å². The first-order valence-electron chi connectivity index (χ1n) is 7.97. The first-order chi connectivity index (χ1) is 10.7. The van der Waals surface area contributed by atoms with Crippen molar-refractivity contribution in [2.24, 2.45) is 5.92 Å². The number of benzene rings is 1. The van der Waals surface area contributed by atoms with Crippen LogP contribution in [0, 0.1) is 12.8 Å². The van der Waals surface area contributed by atoms with E-state index in [4.69, 9.17) is 0 Å². The van der Waals surface area contributed by atoms with Gasteiger partial charge in [0.2, 0.25) is 0 Å². The van der Waals surface area contributed by atoms with Crippen molar-refractivity contribution in [3.05, 3.63) is 65.5 Å². The minimum absolute atomic E-state index is 0.169. The molecule has 2 aromatic rings. The Labute approximate surface area is 132 Å². The molecule has 1 fully saturated rings. The summed E-state index contributed by atoms with van der Waals surface area (Å²) in [5, 5.41) is 0. The number of likely N-dealkylation sites (tertiary alicyclic amines) is 1. The predicted molar refractivity (Wildman–Crippen MR) is 87.7 cm³/mol. The minimum Gasteiger partial charge on any atom is -0.339 e. The summed E-state index contributed by atoms with van der Waals surface area (Å²) < 4.78 is 0. The van der Waals surface area contributed by atoms with Gasteiger partial charge in [0.25, 0.3) is 5.91 Å². The SMILES string of the molecule is Cc1ccc(C(=O)N2CCC(Cc3ccncc3)CC2)cc1. The number of amides is 1. The van der Waals surface area contributed by atoms with Crippen molar-refractivity contribution in [1.29, 1.82) is 0 Å². The van der Waals surface area contributed by atoms with Gasteiger partial charge >= 0.3 is 0 Å². The number of carbonyl (C=O) groups excluding carboxylic acids is 1. The Hall–Kier alpha value is -2.16. The maximum absolute atomic E-state index is 12.5. The molecule has 1 aromatic carbocycles. The molecule has 1 amide bonds. The van der Waals surface area contributed by atoms with Crippen LogP contribution < -0.4 is 0 Å². The number of nitrogens with zero attached hydrogens (tertiary/aromatic N) is 2. The highest BCUT2D eigenvalue weighted by Crippen LogP contribution is 2.22. The summed E-state index contributed by atoms with van der Waals surface area (Å²) in [5.41, 5.74) is 3.34. The number of hydrogen-bond donors (Lipinski definition) is 0. The predicted octanol–water partition coefficient (Wildman–Crippen LogP) is 3.48. The number of aromatic nitrogens is 1. The molecular weight excluding hydrogens is 272 g/mol. The monoisotopic (exact) mass is 294 g/mol. The Morgan fingerprint density at radius 3 is 2.36 bits per heavy atom. The van der Waals surface area contributed by atoms with Crippen LogP contribution >= 0.6 is 0 Å². The second kappa shape index (κ2) is 6.73. The number of piperidine rings is 1. The van der Waals surface area contributed by atoms with Crippen LogP contribution in [-0.2, 0) is 6.42 Å². The van der Waals surface area contributed by atoms with Crippen molar-refractivity contribution in [2.45, 2.75) is 26.2 Å². The van der Waals surface area contributed by atoms with E-state index in [2.05, 4.69) is 17.1 Å². The van der Waals surface area contributed by atoms with Crippen molar-refractivity contribution in [1.82, 2.24) is 9.88 Å². The van der Waals surface area contributed by atoms with Crippen molar-refractivity contribution in [3.63, 3.8) is 0 Å². The molecule has 0 bridgehead atoms. The zero-order valence-corrected chi connectivity index (χ0v) is 13.0. The normalized spacial score (nSPS) is 15.8. The fraction of sp³-hybridized carbons (Fsp3) is 0.368. The Bertz CT molecular complexity index is 614. The number of pyridine rings is 1. The number of carbonyl (C=O) groups is 1. The van der Waals surface area contributed by atoms with E-state index in [1.54, 1.807) is 0 Å². The van der Waals surface area contributed by atoms with Gasteiger partial charge in [-0.1, -0.05) is 17.7 Å². The lowest BCUT2D eigenvalue weighted by atomic mass is 9.90. The topological polar surface area (TPSA) is 33.2 Å². The third-order valence-corrected chi connectivity index (χ3v) is 4.47. The van der Waals surface area contributed by atoms with E-state index in [0.717, 1.165) is 37.9 Å². The molecule has 2 heterocycles. The van der Waals surface area contributed by atoms with Gasteiger partial charge in [-0.15, -0.1) is 0 Å². The molecule has 22 heavy (non-hydrogen) atoms. The Morgan fingerprint density at radius 2 is 1.73 bits per heavy atom. The molecule has 1 aliphatic rings. The summed E-state index contributed by atoms with van der Waals surface area (Å²) in [6.07, 6.45) is 6.96. The molecule has 1 aliphatic heterocycles. The van der Waals surface area contributed by atoms with Crippen LogP contribution in [0.25, 0.3) is 0 Å². The summed E-state index contributed by atoms with van der Waals surface area (Å²) in [5.74, 6) is 0.840. The Morgan fingerprint density at radius 1 is 1.09 bits per heavy atom. The molecule has 0 spiro atoms. The van der Waals surface area contributed by atoms with E-state index in [1.165, 1.54) is 11.1 Å².